The smallest absolute Gasteiger partial charge is 0.249 e. The van der Waals surface area contributed by atoms with Crippen LogP contribution in [0.4, 0.5) is 5.95 Å². The fourth-order valence-corrected chi connectivity index (χ4v) is 3.71. The molecule has 0 unspecified atom stereocenters. The Labute approximate surface area is 158 Å². The maximum absolute atomic E-state index is 12.9. The Morgan fingerprint density at radius 1 is 1.19 bits per heavy atom. The van der Waals surface area contributed by atoms with Crippen LogP contribution in [0.15, 0.2) is 23.0 Å². The van der Waals surface area contributed by atoms with Crippen LogP contribution >= 0.6 is 0 Å². The van der Waals surface area contributed by atoms with Crippen molar-refractivity contribution in [3.63, 3.8) is 0 Å². The van der Waals surface area contributed by atoms with Crippen LogP contribution in [0.5, 0.6) is 0 Å². The number of anilines is 1. The van der Waals surface area contributed by atoms with E-state index >= 15 is 0 Å². The van der Waals surface area contributed by atoms with E-state index < -0.39 is 0 Å². The lowest BCUT2D eigenvalue weighted by molar-refractivity contribution is -0.133. The normalized spacial score (nSPS) is 21.0. The van der Waals surface area contributed by atoms with Crippen LogP contribution in [0.2, 0.25) is 0 Å². The number of hydrogen-bond acceptors (Lipinski definition) is 8. The highest BCUT2D eigenvalue weighted by Crippen LogP contribution is 2.31. The first-order chi connectivity index (χ1) is 13.2. The number of rotatable bonds is 5. The molecule has 27 heavy (non-hydrogen) atoms. The molecule has 2 aromatic rings. The molecule has 0 radical (unpaired) electrons. The lowest BCUT2D eigenvalue weighted by atomic mass is 10.2. The summed E-state index contributed by atoms with van der Waals surface area (Å²) in [4.78, 5) is 32.2. The standard InChI is InChI=1S/C18H25N7O2/c1-2-15-21-17(27-22-15)14-5-3-8-25(14)16(26)13-23-9-11-24(12-10-23)18-19-6-4-7-20-18/h4,6-7,14H,2-3,5,8-13H2,1H3/t14-/m0/s1. The Morgan fingerprint density at radius 2 is 1.96 bits per heavy atom. The molecule has 0 N–H and O–H groups in total. The van der Waals surface area contributed by atoms with E-state index in [2.05, 4.69) is 29.9 Å². The Bertz CT molecular complexity index is 758. The van der Waals surface area contributed by atoms with Gasteiger partial charge >= 0.3 is 0 Å². The summed E-state index contributed by atoms with van der Waals surface area (Å²) in [7, 11) is 0. The first-order valence-electron chi connectivity index (χ1n) is 9.61. The number of carbonyl (C=O) groups is 1. The molecule has 2 aliphatic rings. The Balaban J connectivity index is 1.32. The van der Waals surface area contributed by atoms with E-state index in [0.717, 1.165) is 57.9 Å². The molecule has 2 fully saturated rings. The van der Waals surface area contributed by atoms with E-state index in [9.17, 15) is 4.79 Å². The van der Waals surface area contributed by atoms with Gasteiger partial charge in [-0.2, -0.15) is 4.98 Å². The molecule has 0 bridgehead atoms. The first-order valence-corrected chi connectivity index (χ1v) is 9.61. The fourth-order valence-electron chi connectivity index (χ4n) is 3.71. The summed E-state index contributed by atoms with van der Waals surface area (Å²) in [5.74, 6) is 2.16. The molecule has 0 aromatic carbocycles. The van der Waals surface area contributed by atoms with E-state index in [1.165, 1.54) is 0 Å². The highest BCUT2D eigenvalue weighted by molar-refractivity contribution is 5.79. The number of piperazine rings is 1. The molecule has 1 atom stereocenters. The number of carbonyl (C=O) groups excluding carboxylic acids is 1. The molecule has 0 spiro atoms. The summed E-state index contributed by atoms with van der Waals surface area (Å²) in [6, 6.07) is 1.74. The van der Waals surface area contributed by atoms with E-state index in [-0.39, 0.29) is 11.9 Å². The molecular formula is C18H25N7O2. The lowest BCUT2D eigenvalue weighted by Gasteiger charge is -2.35. The van der Waals surface area contributed by atoms with Gasteiger partial charge in [-0.05, 0) is 18.9 Å². The van der Waals surface area contributed by atoms with Crippen LogP contribution < -0.4 is 4.90 Å². The highest BCUT2D eigenvalue weighted by Gasteiger charge is 2.34. The maximum atomic E-state index is 12.9. The lowest BCUT2D eigenvalue weighted by Crippen LogP contribution is -2.50. The van der Waals surface area contributed by atoms with Crippen molar-refractivity contribution < 1.29 is 9.32 Å². The van der Waals surface area contributed by atoms with Crippen LogP contribution in [0, 0.1) is 0 Å². The van der Waals surface area contributed by atoms with E-state index in [0.29, 0.717) is 18.3 Å². The highest BCUT2D eigenvalue weighted by atomic mass is 16.5. The second kappa shape index (κ2) is 7.99. The summed E-state index contributed by atoms with van der Waals surface area (Å²) in [5.41, 5.74) is 0. The van der Waals surface area contributed by atoms with Crippen molar-refractivity contribution in [1.82, 2.24) is 29.9 Å². The van der Waals surface area contributed by atoms with Gasteiger partial charge in [0.15, 0.2) is 5.82 Å². The Hall–Kier alpha value is -2.55. The van der Waals surface area contributed by atoms with Crippen LogP contribution in [0.25, 0.3) is 0 Å². The Morgan fingerprint density at radius 3 is 2.67 bits per heavy atom. The van der Waals surface area contributed by atoms with Gasteiger partial charge in [0.2, 0.25) is 17.7 Å². The molecule has 0 saturated carbocycles. The zero-order chi connectivity index (χ0) is 18.6. The van der Waals surface area contributed by atoms with Gasteiger partial charge in [0.1, 0.15) is 6.04 Å². The topological polar surface area (TPSA) is 91.5 Å². The molecule has 2 aliphatic heterocycles. The summed E-state index contributed by atoms with van der Waals surface area (Å²) < 4.78 is 5.38. The molecule has 2 saturated heterocycles. The summed E-state index contributed by atoms with van der Waals surface area (Å²) in [6.45, 7) is 6.47. The number of likely N-dealkylation sites (tertiary alicyclic amines) is 1. The zero-order valence-corrected chi connectivity index (χ0v) is 15.6. The Kier molecular flexibility index (Phi) is 5.28. The van der Waals surface area contributed by atoms with Gasteiger partial charge in [-0.1, -0.05) is 12.1 Å². The third-order valence-corrected chi connectivity index (χ3v) is 5.22. The third kappa shape index (κ3) is 3.92. The predicted octanol–water partition coefficient (Wildman–Crippen LogP) is 0.908. The monoisotopic (exact) mass is 371 g/mol. The second-order valence-corrected chi connectivity index (χ2v) is 6.96. The van der Waals surface area contributed by atoms with Crippen molar-refractivity contribution in [2.45, 2.75) is 32.2 Å². The van der Waals surface area contributed by atoms with Crippen molar-refractivity contribution in [2.24, 2.45) is 0 Å². The van der Waals surface area contributed by atoms with Crippen LogP contribution in [-0.2, 0) is 11.2 Å². The van der Waals surface area contributed by atoms with E-state index in [1.54, 1.807) is 12.4 Å². The van der Waals surface area contributed by atoms with E-state index in [1.807, 2.05) is 17.9 Å². The van der Waals surface area contributed by atoms with E-state index in [4.69, 9.17) is 4.52 Å². The van der Waals surface area contributed by atoms with Crippen LogP contribution in [0.3, 0.4) is 0 Å². The molecular weight excluding hydrogens is 346 g/mol. The molecule has 4 rings (SSSR count). The van der Waals surface area contributed by atoms with Gasteiger partial charge in [0.25, 0.3) is 0 Å². The SMILES string of the molecule is CCc1noc([C@@H]2CCCN2C(=O)CN2CCN(c3ncccn3)CC2)n1. The van der Waals surface area contributed by atoms with Crippen LogP contribution in [0.1, 0.15) is 37.5 Å². The minimum absolute atomic E-state index is 0.0793. The number of nitrogens with zero attached hydrogens (tertiary/aromatic N) is 7. The predicted molar refractivity (Wildman–Crippen MR) is 98.0 cm³/mol. The molecule has 9 nitrogen and oxygen atoms in total. The number of aryl methyl sites for hydroxylation is 1. The quantitative estimate of drug-likeness (QED) is 0.766. The van der Waals surface area contributed by atoms with Gasteiger partial charge in [0.05, 0.1) is 6.54 Å². The summed E-state index contributed by atoms with van der Waals surface area (Å²) in [6.07, 6.45) is 6.11. The summed E-state index contributed by atoms with van der Waals surface area (Å²) in [5, 5.41) is 3.97. The zero-order valence-electron chi connectivity index (χ0n) is 15.6. The van der Waals surface area contributed by atoms with Gasteiger partial charge in [0, 0.05) is 51.5 Å². The van der Waals surface area contributed by atoms with Crippen molar-refractivity contribution in [3.05, 3.63) is 30.2 Å². The minimum Gasteiger partial charge on any atom is -0.338 e. The maximum Gasteiger partial charge on any atom is 0.249 e. The molecule has 1 amide bonds. The first kappa shape index (κ1) is 17.8. The number of hydrogen-bond donors (Lipinski definition) is 0. The molecule has 2 aromatic heterocycles. The minimum atomic E-state index is -0.0793. The van der Waals surface area contributed by atoms with Crippen LogP contribution in [-0.4, -0.2) is 75.1 Å². The average molecular weight is 371 g/mol. The van der Waals surface area contributed by atoms with Gasteiger partial charge in [-0.25, -0.2) is 9.97 Å². The van der Waals surface area contributed by atoms with Crippen molar-refractivity contribution in [2.75, 3.05) is 44.2 Å². The average Bonchev–Trinajstić information content (AvgIpc) is 3.38. The molecule has 4 heterocycles. The molecule has 144 valence electrons. The second-order valence-electron chi connectivity index (χ2n) is 6.96. The molecule has 0 aliphatic carbocycles. The number of aromatic nitrogens is 4. The number of amides is 1. The van der Waals surface area contributed by atoms with Crippen molar-refractivity contribution >= 4 is 11.9 Å². The third-order valence-electron chi connectivity index (χ3n) is 5.22. The van der Waals surface area contributed by atoms with Gasteiger partial charge in [-0.15, -0.1) is 0 Å². The van der Waals surface area contributed by atoms with Crippen molar-refractivity contribution in [3.8, 4) is 0 Å². The van der Waals surface area contributed by atoms with Crippen molar-refractivity contribution in [1.29, 1.82) is 0 Å². The van der Waals surface area contributed by atoms with Gasteiger partial charge in [-0.3, -0.25) is 9.69 Å². The largest absolute Gasteiger partial charge is 0.338 e. The molecule has 9 heteroatoms. The summed E-state index contributed by atoms with van der Waals surface area (Å²) >= 11 is 0. The fraction of sp³-hybridized carbons (Fsp3) is 0.611. The van der Waals surface area contributed by atoms with Gasteiger partial charge < -0.3 is 14.3 Å².